The van der Waals surface area contributed by atoms with E-state index in [2.05, 4.69) is 10.3 Å². The highest BCUT2D eigenvalue weighted by Crippen LogP contribution is 2.45. The molecule has 1 atom stereocenters. The highest BCUT2D eigenvalue weighted by atomic mass is 19.4. The largest absolute Gasteiger partial charge is 0.433 e. The van der Waals surface area contributed by atoms with E-state index in [0.29, 0.717) is 9.80 Å². The molecule has 208 valence electrons. The molecule has 1 unspecified atom stereocenters. The number of hydrogen-bond acceptors (Lipinski definition) is 6. The predicted octanol–water partition coefficient (Wildman–Crippen LogP) is 3.72. The van der Waals surface area contributed by atoms with Crippen LogP contribution in [0.5, 0.6) is 5.75 Å². The second kappa shape index (κ2) is 11.0. The molecule has 0 saturated carbocycles. The number of carbonyl (C=O) groups is 2. The number of nitrogens with zero attached hydrogens (tertiary/aromatic N) is 4. The van der Waals surface area contributed by atoms with Crippen molar-refractivity contribution in [3.05, 3.63) is 47.4 Å². The van der Waals surface area contributed by atoms with Crippen LogP contribution in [-0.2, 0) is 12.4 Å². The van der Waals surface area contributed by atoms with Crippen LogP contribution in [0.1, 0.15) is 11.3 Å². The number of likely N-dealkylation sites (N-methyl/N-ethyl adjacent to an activating group) is 1. The molecule has 9 nitrogen and oxygen atoms in total. The lowest BCUT2D eigenvalue weighted by molar-refractivity contribution is -0.145. The average molecular weight is 553 g/mol. The maximum absolute atomic E-state index is 13.9. The van der Waals surface area contributed by atoms with Gasteiger partial charge in [-0.2, -0.15) is 26.3 Å². The average Bonchev–Trinajstić information content (AvgIpc) is 3.17. The molecule has 0 spiro atoms. The van der Waals surface area contributed by atoms with Crippen LogP contribution < -0.4 is 19.9 Å². The summed E-state index contributed by atoms with van der Waals surface area (Å²) in [6.07, 6.45) is -13.3. The Labute approximate surface area is 211 Å². The number of halogens is 7. The number of hydrogen-bond donors (Lipinski definition) is 2. The van der Waals surface area contributed by atoms with Crippen LogP contribution in [0.15, 0.2) is 30.3 Å². The lowest BCUT2D eigenvalue weighted by atomic mass is 10.1. The fourth-order valence-corrected chi connectivity index (χ4v) is 3.59. The summed E-state index contributed by atoms with van der Waals surface area (Å²) in [5.74, 6) is -3.26. The van der Waals surface area contributed by atoms with Gasteiger partial charge in [-0.1, -0.05) is 0 Å². The molecule has 38 heavy (non-hydrogen) atoms. The van der Waals surface area contributed by atoms with E-state index in [1.165, 1.54) is 7.05 Å². The third-order valence-corrected chi connectivity index (χ3v) is 5.45. The number of aliphatic hydroxyl groups is 1. The topological polar surface area (TPSA) is 98.2 Å². The van der Waals surface area contributed by atoms with Gasteiger partial charge in [0.2, 0.25) is 0 Å². The Morgan fingerprint density at radius 3 is 2.34 bits per heavy atom. The van der Waals surface area contributed by atoms with Gasteiger partial charge in [-0.3, -0.25) is 9.80 Å². The molecule has 1 fully saturated rings. The van der Waals surface area contributed by atoms with E-state index in [0.717, 1.165) is 36.2 Å². The number of alkyl halides is 6. The summed E-state index contributed by atoms with van der Waals surface area (Å²) < 4.78 is 100. The molecule has 1 aliphatic rings. The number of ether oxygens (including phenoxy) is 1. The van der Waals surface area contributed by atoms with Crippen molar-refractivity contribution >= 4 is 23.6 Å². The number of aromatic nitrogens is 1. The van der Waals surface area contributed by atoms with Gasteiger partial charge < -0.3 is 20.1 Å². The second-order valence-electron chi connectivity index (χ2n) is 8.20. The van der Waals surface area contributed by atoms with Crippen molar-refractivity contribution in [1.82, 2.24) is 15.2 Å². The molecular formula is C22H22F7N5O4. The molecule has 2 N–H and O–H groups in total. The van der Waals surface area contributed by atoms with Crippen molar-refractivity contribution in [3.63, 3.8) is 0 Å². The Morgan fingerprint density at radius 1 is 1.16 bits per heavy atom. The quantitative estimate of drug-likeness (QED) is 0.508. The molecule has 0 aliphatic carbocycles. The van der Waals surface area contributed by atoms with Gasteiger partial charge >= 0.3 is 24.5 Å². The van der Waals surface area contributed by atoms with Gasteiger partial charge in [0.05, 0.1) is 6.10 Å². The highest BCUT2D eigenvalue weighted by molar-refractivity contribution is 5.96. The summed E-state index contributed by atoms with van der Waals surface area (Å²) in [5, 5.41) is 12.6. The first-order valence-electron chi connectivity index (χ1n) is 10.9. The molecule has 0 radical (unpaired) electrons. The van der Waals surface area contributed by atoms with E-state index in [1.807, 2.05) is 0 Å². The summed E-state index contributed by atoms with van der Waals surface area (Å²) in [6.45, 7) is -0.789. The number of β-amino-alcohol motifs (C(OH)–C–C–N with tert-alkyl or cyclic N) is 1. The molecule has 1 aromatic heterocycles. The number of nitrogens with one attached hydrogen (secondary N) is 1. The van der Waals surface area contributed by atoms with Crippen LogP contribution in [0.2, 0.25) is 0 Å². The molecule has 3 rings (SSSR count). The summed E-state index contributed by atoms with van der Waals surface area (Å²) in [4.78, 5) is 31.1. The summed E-state index contributed by atoms with van der Waals surface area (Å²) in [7, 11) is 2.60. The van der Waals surface area contributed by atoms with Crippen LogP contribution in [0.25, 0.3) is 0 Å². The zero-order valence-corrected chi connectivity index (χ0v) is 19.9. The predicted molar refractivity (Wildman–Crippen MR) is 119 cm³/mol. The molecule has 1 saturated heterocycles. The minimum atomic E-state index is -5.45. The molecule has 0 bridgehead atoms. The van der Waals surface area contributed by atoms with Gasteiger partial charge in [-0.15, -0.1) is 0 Å². The van der Waals surface area contributed by atoms with E-state index in [-0.39, 0.29) is 31.4 Å². The van der Waals surface area contributed by atoms with Crippen molar-refractivity contribution in [3.8, 4) is 5.75 Å². The van der Waals surface area contributed by atoms with Crippen molar-refractivity contribution < 1.29 is 50.2 Å². The van der Waals surface area contributed by atoms with Gasteiger partial charge in [-0.05, 0) is 37.4 Å². The lowest BCUT2D eigenvalue weighted by Crippen LogP contribution is -2.40. The van der Waals surface area contributed by atoms with E-state index in [9.17, 15) is 45.4 Å². The molecular weight excluding hydrogens is 531 g/mol. The maximum atomic E-state index is 13.9. The Hall–Kier alpha value is -3.66. The number of urea groups is 1. The zero-order chi connectivity index (χ0) is 28.4. The summed E-state index contributed by atoms with van der Waals surface area (Å²) >= 11 is 0. The Balaban J connectivity index is 2.08. The number of amides is 3. The zero-order valence-electron chi connectivity index (χ0n) is 19.9. The van der Waals surface area contributed by atoms with Crippen LogP contribution in [0.3, 0.4) is 0 Å². The number of rotatable bonds is 7. The normalized spacial score (nSPS) is 15.2. The van der Waals surface area contributed by atoms with Crippen molar-refractivity contribution in [2.24, 2.45) is 0 Å². The Kier molecular flexibility index (Phi) is 8.36. The van der Waals surface area contributed by atoms with Crippen molar-refractivity contribution in [2.45, 2.75) is 18.5 Å². The molecule has 2 aromatic rings. The van der Waals surface area contributed by atoms with E-state index >= 15 is 0 Å². The maximum Gasteiger partial charge on any atom is 0.433 e. The molecule has 3 amide bonds. The molecule has 2 heterocycles. The van der Waals surface area contributed by atoms with Crippen molar-refractivity contribution in [2.75, 3.05) is 50.1 Å². The van der Waals surface area contributed by atoms with E-state index in [4.69, 9.17) is 4.74 Å². The third kappa shape index (κ3) is 6.42. The summed E-state index contributed by atoms with van der Waals surface area (Å²) in [5.41, 5.74) is -3.96. The molecule has 1 aromatic carbocycles. The Morgan fingerprint density at radius 2 is 1.79 bits per heavy atom. The SMILES string of the molecule is CNCC(O)CN1CCN(c2nc(C(F)(F)F)cc(C(F)(F)F)c2OC(=O)N(C)c2ccc(F)cc2)C1=O. The Bertz CT molecular complexity index is 1170. The van der Waals surface area contributed by atoms with Crippen LogP contribution in [-0.4, -0.2) is 73.5 Å². The van der Waals surface area contributed by atoms with Crippen molar-refractivity contribution in [1.29, 1.82) is 0 Å². The van der Waals surface area contributed by atoms with Crippen LogP contribution in [0, 0.1) is 5.82 Å². The van der Waals surface area contributed by atoms with Gasteiger partial charge in [-0.25, -0.2) is 19.0 Å². The number of benzene rings is 1. The first-order chi connectivity index (χ1) is 17.6. The third-order valence-electron chi connectivity index (χ3n) is 5.45. The lowest BCUT2D eigenvalue weighted by Gasteiger charge is -2.25. The van der Waals surface area contributed by atoms with Gasteiger partial charge in [0.1, 0.15) is 17.1 Å². The van der Waals surface area contributed by atoms with E-state index in [1.54, 1.807) is 0 Å². The minimum absolute atomic E-state index is 0.00618. The number of pyridine rings is 1. The number of carbonyl (C=O) groups excluding carboxylic acids is 2. The minimum Gasteiger partial charge on any atom is -0.405 e. The van der Waals surface area contributed by atoms with E-state index < -0.39 is 65.8 Å². The highest BCUT2D eigenvalue weighted by Gasteiger charge is 2.45. The standard InChI is InChI=1S/C22H22F7N5O4/c1-30-10-14(35)11-33-7-8-34(19(33)36)18-17(15(21(24,25)26)9-16(31-18)22(27,28)29)38-20(37)32(2)13-5-3-12(23)4-6-13/h3-6,9,14,30,35H,7-8,10-11H2,1-2H3. The van der Waals surface area contributed by atoms with Gasteiger partial charge in [0.15, 0.2) is 11.6 Å². The summed E-state index contributed by atoms with van der Waals surface area (Å²) in [6, 6.07) is 2.79. The van der Waals surface area contributed by atoms with Crippen LogP contribution in [0.4, 0.5) is 51.8 Å². The first kappa shape index (κ1) is 28.9. The smallest absolute Gasteiger partial charge is 0.405 e. The second-order valence-corrected chi connectivity index (χ2v) is 8.20. The number of aliphatic hydroxyl groups excluding tert-OH is 1. The van der Waals surface area contributed by atoms with Crippen LogP contribution >= 0.6 is 0 Å². The first-order valence-corrected chi connectivity index (χ1v) is 10.9. The fourth-order valence-electron chi connectivity index (χ4n) is 3.59. The fraction of sp³-hybridized carbons (Fsp3) is 0.409. The van der Waals surface area contributed by atoms with Gasteiger partial charge in [0.25, 0.3) is 0 Å². The monoisotopic (exact) mass is 553 g/mol. The molecule has 16 heteroatoms. The van der Waals surface area contributed by atoms with Gasteiger partial charge in [0, 0.05) is 38.9 Å². The molecule has 1 aliphatic heterocycles. The number of anilines is 2.